The van der Waals surface area contributed by atoms with Gasteiger partial charge in [-0.2, -0.15) is 0 Å². The lowest BCUT2D eigenvalue weighted by atomic mass is 9.93. The van der Waals surface area contributed by atoms with Crippen molar-refractivity contribution < 1.29 is 14.0 Å². The molecule has 0 radical (unpaired) electrons. The number of hydrogen-bond acceptors (Lipinski definition) is 5. The normalized spacial score (nSPS) is 18.9. The van der Waals surface area contributed by atoms with Crippen molar-refractivity contribution >= 4 is 23.4 Å². The van der Waals surface area contributed by atoms with Crippen LogP contribution in [0.15, 0.2) is 72.8 Å². The number of likely N-dealkylation sites (N-methyl/N-ethyl adjacent to an activating group) is 2. The highest BCUT2D eigenvalue weighted by atomic mass is 35.5. The molecule has 1 fully saturated rings. The molecule has 1 N–H and O–H groups in total. The smallest absolute Gasteiger partial charge is 0.245 e. The molecule has 0 aromatic heterocycles. The third-order valence-electron chi connectivity index (χ3n) is 9.63. The Kier molecular flexibility index (Phi) is 11.8. The van der Waals surface area contributed by atoms with Gasteiger partial charge in [-0.15, -0.1) is 0 Å². The van der Waals surface area contributed by atoms with E-state index in [0.29, 0.717) is 49.6 Å². The van der Waals surface area contributed by atoms with Crippen LogP contribution in [-0.2, 0) is 29.0 Å². The zero-order valence-electron chi connectivity index (χ0n) is 27.3. The van der Waals surface area contributed by atoms with E-state index in [1.165, 1.54) is 17.2 Å². The maximum Gasteiger partial charge on any atom is 0.245 e. The minimum atomic E-state index is -0.719. The Balaban J connectivity index is 1.33. The summed E-state index contributed by atoms with van der Waals surface area (Å²) in [6.45, 7) is 9.88. The molecule has 2 aliphatic heterocycles. The quantitative estimate of drug-likeness (QED) is 0.311. The second-order valence-corrected chi connectivity index (χ2v) is 13.0. The summed E-state index contributed by atoms with van der Waals surface area (Å²) in [5.74, 6) is -0.423. The number of halogens is 2. The molecule has 1 unspecified atom stereocenters. The highest BCUT2D eigenvalue weighted by Crippen LogP contribution is 2.27. The highest BCUT2D eigenvalue weighted by molar-refractivity contribution is 6.30. The van der Waals surface area contributed by atoms with Gasteiger partial charge in [-0.25, -0.2) is 4.39 Å². The molecule has 3 aromatic carbocycles. The van der Waals surface area contributed by atoms with Crippen LogP contribution in [0.2, 0.25) is 5.02 Å². The van der Waals surface area contributed by atoms with Gasteiger partial charge in [-0.05, 0) is 67.9 Å². The molecule has 5 rings (SSSR count). The Bertz CT molecular complexity index is 1470. The van der Waals surface area contributed by atoms with Gasteiger partial charge < -0.3 is 15.1 Å². The number of benzene rings is 3. The molecule has 0 aliphatic carbocycles. The van der Waals surface area contributed by atoms with Crippen LogP contribution in [-0.4, -0.2) is 96.4 Å². The van der Waals surface area contributed by atoms with E-state index in [0.717, 1.165) is 38.2 Å². The number of hydrogen-bond donors (Lipinski definition) is 1. The van der Waals surface area contributed by atoms with Crippen molar-refractivity contribution in [2.24, 2.45) is 0 Å². The number of amides is 2. The summed E-state index contributed by atoms with van der Waals surface area (Å²) in [5.41, 5.74) is 4.02. The molecule has 2 heterocycles. The lowest BCUT2D eigenvalue weighted by Gasteiger charge is -2.35. The fourth-order valence-electron chi connectivity index (χ4n) is 6.84. The number of rotatable bonds is 11. The molecule has 0 spiro atoms. The van der Waals surface area contributed by atoms with Crippen LogP contribution in [0.1, 0.15) is 48.6 Å². The van der Waals surface area contributed by atoms with Gasteiger partial charge in [0.25, 0.3) is 0 Å². The largest absolute Gasteiger partial charge is 0.343 e. The number of carbonyl (C=O) groups excluding carboxylic acids is 2. The molecular weight excluding hydrogens is 601 g/mol. The van der Waals surface area contributed by atoms with Crippen LogP contribution in [0.4, 0.5) is 4.39 Å². The Morgan fingerprint density at radius 3 is 2.35 bits per heavy atom. The fourth-order valence-corrected chi connectivity index (χ4v) is 6.97. The minimum absolute atomic E-state index is 0.0878. The summed E-state index contributed by atoms with van der Waals surface area (Å²) < 4.78 is 15.1. The zero-order chi connectivity index (χ0) is 32.6. The van der Waals surface area contributed by atoms with E-state index in [1.807, 2.05) is 60.5 Å². The van der Waals surface area contributed by atoms with Crippen molar-refractivity contribution in [3.8, 4) is 0 Å². The topological polar surface area (TPSA) is 59.1 Å². The van der Waals surface area contributed by atoms with Gasteiger partial charge in [-0.1, -0.05) is 80.0 Å². The van der Waals surface area contributed by atoms with E-state index in [-0.39, 0.29) is 29.7 Å². The molecule has 3 aromatic rings. The van der Waals surface area contributed by atoms with Crippen LogP contribution in [0.5, 0.6) is 0 Å². The Morgan fingerprint density at radius 2 is 1.63 bits per heavy atom. The van der Waals surface area contributed by atoms with Crippen molar-refractivity contribution in [2.45, 2.75) is 57.8 Å². The summed E-state index contributed by atoms with van der Waals surface area (Å²) in [5, 5.41) is 3.79. The van der Waals surface area contributed by atoms with Crippen molar-refractivity contribution in [1.82, 2.24) is 24.9 Å². The molecule has 7 nitrogen and oxygen atoms in total. The van der Waals surface area contributed by atoms with E-state index in [9.17, 15) is 9.59 Å². The van der Waals surface area contributed by atoms with Crippen LogP contribution < -0.4 is 5.32 Å². The molecule has 2 aliphatic rings. The lowest BCUT2D eigenvalue weighted by Crippen LogP contribution is -2.56. The number of nitrogens with zero attached hydrogens (tertiary/aromatic N) is 4. The van der Waals surface area contributed by atoms with E-state index in [4.69, 9.17) is 11.6 Å². The molecule has 0 saturated carbocycles. The number of fused-ring (bicyclic) bond motifs is 1. The number of nitrogens with one attached hydrogen (secondary N) is 1. The first kappa shape index (κ1) is 34.0. The predicted octanol–water partition coefficient (Wildman–Crippen LogP) is 5.18. The third-order valence-corrected chi connectivity index (χ3v) is 9.88. The van der Waals surface area contributed by atoms with E-state index < -0.39 is 6.04 Å². The van der Waals surface area contributed by atoms with Crippen LogP contribution >= 0.6 is 11.6 Å². The van der Waals surface area contributed by atoms with E-state index in [1.54, 1.807) is 6.07 Å². The van der Waals surface area contributed by atoms with Gasteiger partial charge in [0.2, 0.25) is 11.8 Å². The molecule has 46 heavy (non-hydrogen) atoms. The van der Waals surface area contributed by atoms with E-state index in [2.05, 4.69) is 46.0 Å². The SMILES string of the molecule is CCN(CC)CC(c1ccccc1F)N1CCCN(C(=O)[C@@H](Cc2ccc(Cl)cc2)NC(=O)[C@H]2Cc3ccccc3CN2C)CC1. The Hall–Kier alpha value is -3.30. The van der Waals surface area contributed by atoms with Gasteiger partial charge in [-0.3, -0.25) is 19.4 Å². The fraction of sp³-hybridized carbons (Fsp3) is 0.459. The molecular formula is C37H47ClFN5O2. The Labute approximate surface area is 278 Å². The summed E-state index contributed by atoms with van der Waals surface area (Å²) in [6, 6.07) is 21.5. The van der Waals surface area contributed by atoms with Crippen molar-refractivity contribution in [2.75, 3.05) is 52.9 Å². The maximum atomic E-state index is 15.1. The average molecular weight is 648 g/mol. The van der Waals surface area contributed by atoms with Gasteiger partial charge in [0.1, 0.15) is 11.9 Å². The van der Waals surface area contributed by atoms with Crippen LogP contribution in [0.25, 0.3) is 0 Å². The van der Waals surface area contributed by atoms with Gasteiger partial charge in [0, 0.05) is 56.3 Å². The first-order chi connectivity index (χ1) is 22.3. The molecule has 9 heteroatoms. The second kappa shape index (κ2) is 16.0. The van der Waals surface area contributed by atoms with Crippen molar-refractivity contribution in [3.05, 3.63) is 106 Å². The molecule has 0 bridgehead atoms. The first-order valence-electron chi connectivity index (χ1n) is 16.6. The van der Waals surface area contributed by atoms with Crippen molar-refractivity contribution in [3.63, 3.8) is 0 Å². The number of carbonyl (C=O) groups is 2. The summed E-state index contributed by atoms with van der Waals surface area (Å²) >= 11 is 6.16. The summed E-state index contributed by atoms with van der Waals surface area (Å²) in [7, 11) is 1.96. The molecule has 246 valence electrons. The second-order valence-electron chi connectivity index (χ2n) is 12.5. The van der Waals surface area contributed by atoms with E-state index >= 15 is 4.39 Å². The van der Waals surface area contributed by atoms with Gasteiger partial charge >= 0.3 is 0 Å². The zero-order valence-corrected chi connectivity index (χ0v) is 28.1. The average Bonchev–Trinajstić information content (AvgIpc) is 3.32. The maximum absolute atomic E-state index is 15.1. The van der Waals surface area contributed by atoms with Gasteiger partial charge in [0.05, 0.1) is 12.1 Å². The Morgan fingerprint density at radius 1 is 0.935 bits per heavy atom. The van der Waals surface area contributed by atoms with Crippen molar-refractivity contribution in [1.29, 1.82) is 0 Å². The third kappa shape index (κ3) is 8.34. The van der Waals surface area contributed by atoms with Gasteiger partial charge in [0.15, 0.2) is 0 Å². The predicted molar refractivity (Wildman–Crippen MR) is 182 cm³/mol. The molecule has 3 atom stereocenters. The standard InChI is InChI=1S/C37H47ClFN5O2/c1-4-42(5-2)26-35(31-13-8-9-14-32(31)39)43-19-10-20-44(22-21-43)37(46)33(23-27-15-17-30(38)18-16-27)40-36(45)34-24-28-11-6-7-12-29(28)25-41(34)3/h6-9,11-18,33-35H,4-5,10,19-26H2,1-3H3,(H,40,45)/t33-,34-,35?/m1/s1. The monoisotopic (exact) mass is 647 g/mol. The van der Waals surface area contributed by atoms with Crippen LogP contribution in [0, 0.1) is 5.82 Å². The summed E-state index contributed by atoms with van der Waals surface area (Å²) in [4.78, 5) is 36.7. The lowest BCUT2D eigenvalue weighted by molar-refractivity contribution is -0.137. The minimum Gasteiger partial charge on any atom is -0.343 e. The molecule has 2 amide bonds. The van der Waals surface area contributed by atoms with Crippen LogP contribution in [0.3, 0.4) is 0 Å². The first-order valence-corrected chi connectivity index (χ1v) is 17.0. The molecule has 1 saturated heterocycles. The summed E-state index contributed by atoms with van der Waals surface area (Å²) in [6.07, 6.45) is 1.73. The highest BCUT2D eigenvalue weighted by Gasteiger charge is 2.34.